The zero-order valence-corrected chi connectivity index (χ0v) is 12.4. The molecule has 108 valence electrons. The average molecular weight is 274 g/mol. The Hall–Kier alpha value is -1.84. The van der Waals surface area contributed by atoms with E-state index in [4.69, 9.17) is 0 Å². The molecule has 1 aliphatic heterocycles. The van der Waals surface area contributed by atoms with Crippen molar-refractivity contribution in [2.24, 2.45) is 5.41 Å². The van der Waals surface area contributed by atoms with E-state index in [0.717, 1.165) is 11.3 Å². The Morgan fingerprint density at radius 3 is 2.70 bits per heavy atom. The van der Waals surface area contributed by atoms with Crippen LogP contribution in [0.1, 0.15) is 32.8 Å². The van der Waals surface area contributed by atoms with Crippen LogP contribution in [0.3, 0.4) is 0 Å². The molecule has 1 N–H and O–H groups in total. The Labute approximate surface area is 120 Å². The van der Waals surface area contributed by atoms with Crippen molar-refractivity contribution in [3.63, 3.8) is 0 Å². The molecule has 0 aromatic heterocycles. The second-order valence-electron chi connectivity index (χ2n) is 6.44. The molecule has 2 rings (SSSR count). The van der Waals surface area contributed by atoms with Gasteiger partial charge in [-0.15, -0.1) is 0 Å². The van der Waals surface area contributed by atoms with Crippen LogP contribution in [0.5, 0.6) is 0 Å². The molecule has 0 saturated heterocycles. The van der Waals surface area contributed by atoms with Gasteiger partial charge in [0.25, 0.3) is 0 Å². The molecule has 4 heteroatoms. The Balaban J connectivity index is 1.86. The van der Waals surface area contributed by atoms with Gasteiger partial charge >= 0.3 is 0 Å². The number of hydrogen-bond acceptors (Lipinski definition) is 2. The van der Waals surface area contributed by atoms with Crippen LogP contribution >= 0.6 is 0 Å². The van der Waals surface area contributed by atoms with E-state index in [1.54, 1.807) is 4.90 Å². The van der Waals surface area contributed by atoms with E-state index in [0.29, 0.717) is 25.9 Å². The molecular formula is C16H22N2O2. The molecule has 0 spiro atoms. The maximum Gasteiger partial charge on any atom is 0.231 e. The first-order chi connectivity index (χ1) is 9.37. The van der Waals surface area contributed by atoms with Gasteiger partial charge in [0.05, 0.1) is 6.42 Å². The highest BCUT2D eigenvalue weighted by Crippen LogP contribution is 2.27. The van der Waals surface area contributed by atoms with Gasteiger partial charge in [-0.1, -0.05) is 39.0 Å². The van der Waals surface area contributed by atoms with Gasteiger partial charge in [0.2, 0.25) is 11.8 Å². The SMILES string of the molecule is CC(C)(C)CC(=O)NCCN1C(=O)Cc2ccccc21. The van der Waals surface area contributed by atoms with Crippen LogP contribution in [0.2, 0.25) is 0 Å². The first kappa shape index (κ1) is 14.6. The van der Waals surface area contributed by atoms with Gasteiger partial charge in [0, 0.05) is 25.2 Å². The Bertz CT molecular complexity index is 517. The summed E-state index contributed by atoms with van der Waals surface area (Å²) in [6, 6.07) is 7.81. The van der Waals surface area contributed by atoms with E-state index in [1.165, 1.54) is 0 Å². The molecule has 0 atom stereocenters. The Kier molecular flexibility index (Phi) is 4.12. The van der Waals surface area contributed by atoms with Gasteiger partial charge in [-0.25, -0.2) is 0 Å². The van der Waals surface area contributed by atoms with Crippen molar-refractivity contribution in [1.29, 1.82) is 0 Å². The summed E-state index contributed by atoms with van der Waals surface area (Å²) in [7, 11) is 0. The van der Waals surface area contributed by atoms with Crippen LogP contribution in [0.15, 0.2) is 24.3 Å². The predicted molar refractivity (Wildman–Crippen MR) is 79.6 cm³/mol. The van der Waals surface area contributed by atoms with Gasteiger partial charge in [0.15, 0.2) is 0 Å². The molecule has 0 aliphatic carbocycles. The molecule has 4 nitrogen and oxygen atoms in total. The number of fused-ring (bicyclic) bond motifs is 1. The van der Waals surface area contributed by atoms with Crippen LogP contribution in [0, 0.1) is 5.41 Å². The maximum absolute atomic E-state index is 11.9. The number of rotatable bonds is 4. The van der Waals surface area contributed by atoms with Crippen LogP contribution in [-0.4, -0.2) is 24.9 Å². The first-order valence-corrected chi connectivity index (χ1v) is 7.02. The lowest BCUT2D eigenvalue weighted by atomic mass is 9.92. The van der Waals surface area contributed by atoms with Crippen LogP contribution < -0.4 is 10.2 Å². The lowest BCUT2D eigenvalue weighted by molar-refractivity contribution is -0.123. The molecule has 0 bridgehead atoms. The molecular weight excluding hydrogens is 252 g/mol. The van der Waals surface area contributed by atoms with Crippen molar-refractivity contribution in [3.8, 4) is 0 Å². The quantitative estimate of drug-likeness (QED) is 0.914. The number of hydrogen-bond donors (Lipinski definition) is 1. The fourth-order valence-corrected chi connectivity index (χ4v) is 2.41. The second kappa shape index (κ2) is 5.65. The molecule has 2 amide bonds. The highest BCUT2D eigenvalue weighted by atomic mass is 16.2. The third-order valence-corrected chi connectivity index (χ3v) is 3.27. The summed E-state index contributed by atoms with van der Waals surface area (Å²) in [4.78, 5) is 25.5. The van der Waals surface area contributed by atoms with Crippen molar-refractivity contribution in [1.82, 2.24) is 5.32 Å². The number of carbonyl (C=O) groups is 2. The molecule has 1 heterocycles. The number of para-hydroxylation sites is 1. The third kappa shape index (κ3) is 3.59. The zero-order chi connectivity index (χ0) is 14.8. The topological polar surface area (TPSA) is 49.4 Å². The smallest absolute Gasteiger partial charge is 0.231 e. The summed E-state index contributed by atoms with van der Waals surface area (Å²) in [5, 5.41) is 2.88. The summed E-state index contributed by atoms with van der Waals surface area (Å²) in [6.07, 6.45) is 0.962. The van der Waals surface area contributed by atoms with E-state index in [-0.39, 0.29) is 17.2 Å². The minimum Gasteiger partial charge on any atom is -0.354 e. The van der Waals surface area contributed by atoms with Crippen molar-refractivity contribution in [3.05, 3.63) is 29.8 Å². The summed E-state index contributed by atoms with van der Waals surface area (Å²) in [5.74, 6) is 0.147. The van der Waals surface area contributed by atoms with Crippen molar-refractivity contribution in [2.45, 2.75) is 33.6 Å². The monoisotopic (exact) mass is 274 g/mol. The summed E-state index contributed by atoms with van der Waals surface area (Å²) < 4.78 is 0. The van der Waals surface area contributed by atoms with Gasteiger partial charge in [0.1, 0.15) is 0 Å². The Morgan fingerprint density at radius 1 is 1.30 bits per heavy atom. The van der Waals surface area contributed by atoms with Crippen LogP contribution in [0.25, 0.3) is 0 Å². The summed E-state index contributed by atoms with van der Waals surface area (Å²) in [6.45, 7) is 7.13. The normalized spacial score (nSPS) is 14.3. The number of anilines is 1. The number of nitrogens with one attached hydrogen (secondary N) is 1. The molecule has 0 fully saturated rings. The van der Waals surface area contributed by atoms with Gasteiger partial charge < -0.3 is 10.2 Å². The van der Waals surface area contributed by atoms with E-state index < -0.39 is 0 Å². The molecule has 0 radical (unpaired) electrons. The number of benzene rings is 1. The first-order valence-electron chi connectivity index (χ1n) is 7.02. The average Bonchev–Trinajstić information content (AvgIpc) is 2.64. The molecule has 0 saturated carbocycles. The molecule has 1 aromatic carbocycles. The van der Waals surface area contributed by atoms with Crippen LogP contribution in [0.4, 0.5) is 5.69 Å². The highest BCUT2D eigenvalue weighted by Gasteiger charge is 2.26. The highest BCUT2D eigenvalue weighted by molar-refractivity contribution is 6.01. The van der Waals surface area contributed by atoms with Gasteiger partial charge in [-0.05, 0) is 17.0 Å². The van der Waals surface area contributed by atoms with E-state index in [2.05, 4.69) is 5.32 Å². The predicted octanol–water partition coefficient (Wildman–Crippen LogP) is 2.13. The standard InChI is InChI=1S/C16H22N2O2/c1-16(2,3)11-14(19)17-8-9-18-13-7-5-4-6-12(13)10-15(18)20/h4-7H,8-11H2,1-3H3,(H,17,19). The lowest BCUT2D eigenvalue weighted by Gasteiger charge is -2.20. The Morgan fingerprint density at radius 2 is 2.00 bits per heavy atom. The van der Waals surface area contributed by atoms with E-state index >= 15 is 0 Å². The second-order valence-corrected chi connectivity index (χ2v) is 6.44. The third-order valence-electron chi connectivity index (χ3n) is 3.27. The lowest BCUT2D eigenvalue weighted by Crippen LogP contribution is -2.37. The minimum atomic E-state index is -0.0137. The molecule has 1 aliphatic rings. The number of carbonyl (C=O) groups excluding carboxylic acids is 2. The largest absolute Gasteiger partial charge is 0.354 e. The fraction of sp³-hybridized carbons (Fsp3) is 0.500. The summed E-state index contributed by atoms with van der Waals surface area (Å²) in [5.41, 5.74) is 2.03. The van der Waals surface area contributed by atoms with Gasteiger partial charge in [-0.3, -0.25) is 9.59 Å². The molecule has 0 unspecified atom stereocenters. The van der Waals surface area contributed by atoms with Crippen LogP contribution in [-0.2, 0) is 16.0 Å². The number of nitrogens with zero attached hydrogens (tertiary/aromatic N) is 1. The minimum absolute atomic E-state index is 0.0137. The zero-order valence-electron chi connectivity index (χ0n) is 12.4. The van der Waals surface area contributed by atoms with Crippen molar-refractivity contribution >= 4 is 17.5 Å². The molecule has 20 heavy (non-hydrogen) atoms. The van der Waals surface area contributed by atoms with Crippen molar-refractivity contribution < 1.29 is 9.59 Å². The van der Waals surface area contributed by atoms with Gasteiger partial charge in [-0.2, -0.15) is 0 Å². The number of amides is 2. The summed E-state index contributed by atoms with van der Waals surface area (Å²) >= 11 is 0. The van der Waals surface area contributed by atoms with E-state index in [1.807, 2.05) is 45.0 Å². The van der Waals surface area contributed by atoms with Crippen molar-refractivity contribution in [2.75, 3.05) is 18.0 Å². The fourth-order valence-electron chi connectivity index (χ4n) is 2.41. The molecule has 1 aromatic rings. The maximum atomic E-state index is 11.9. The van der Waals surface area contributed by atoms with E-state index in [9.17, 15) is 9.59 Å².